The molecule has 0 bridgehead atoms. The molecular formula is C26H32N6O3. The van der Waals surface area contributed by atoms with Gasteiger partial charge in [-0.1, -0.05) is 31.0 Å². The lowest BCUT2D eigenvalue weighted by Crippen LogP contribution is -2.36. The second kappa shape index (κ2) is 10.2. The molecule has 1 aromatic carbocycles. The van der Waals surface area contributed by atoms with Crippen molar-refractivity contribution in [3.8, 4) is 0 Å². The number of aromatic nitrogens is 4. The van der Waals surface area contributed by atoms with Crippen LogP contribution >= 0.6 is 0 Å². The van der Waals surface area contributed by atoms with Crippen molar-refractivity contribution in [2.24, 2.45) is 5.92 Å². The summed E-state index contributed by atoms with van der Waals surface area (Å²) >= 11 is 0. The van der Waals surface area contributed by atoms with E-state index in [1.54, 1.807) is 17.0 Å². The van der Waals surface area contributed by atoms with Crippen molar-refractivity contribution in [1.82, 2.24) is 25.0 Å². The number of carbonyl (C=O) groups excluding carboxylic acids is 2. The average molecular weight is 477 g/mol. The number of nitrogens with one attached hydrogen (secondary N) is 1. The second-order valence-electron chi connectivity index (χ2n) is 9.65. The Kier molecular flexibility index (Phi) is 7.14. The van der Waals surface area contributed by atoms with Crippen molar-refractivity contribution in [2.45, 2.75) is 53.1 Å². The van der Waals surface area contributed by atoms with Crippen LogP contribution in [0.4, 0.5) is 0 Å². The number of pyridine rings is 1. The van der Waals surface area contributed by atoms with Crippen molar-refractivity contribution >= 4 is 11.8 Å². The molecule has 1 atom stereocenters. The number of fused-ring (bicyclic) bond motifs is 1. The molecule has 1 unspecified atom stereocenters. The van der Waals surface area contributed by atoms with Gasteiger partial charge in [0.1, 0.15) is 11.4 Å². The van der Waals surface area contributed by atoms with Gasteiger partial charge in [-0.15, -0.1) is 10.2 Å². The summed E-state index contributed by atoms with van der Waals surface area (Å²) in [4.78, 5) is 27.9. The highest BCUT2D eigenvalue weighted by atomic mass is 16.5. The Morgan fingerprint density at radius 1 is 1.09 bits per heavy atom. The first-order chi connectivity index (χ1) is 16.7. The van der Waals surface area contributed by atoms with Crippen LogP contribution in [0.25, 0.3) is 0 Å². The predicted octanol–water partition coefficient (Wildman–Crippen LogP) is 2.74. The number of nitrogens with zero attached hydrogens (tertiary/aromatic N) is 5. The minimum absolute atomic E-state index is 0.139. The molecule has 1 N–H and O–H groups in total. The van der Waals surface area contributed by atoms with E-state index >= 15 is 0 Å². The Hall–Kier alpha value is -3.75. The fraction of sp³-hybridized carbons (Fsp3) is 0.423. The van der Waals surface area contributed by atoms with E-state index in [1.165, 1.54) is 12.4 Å². The zero-order valence-electron chi connectivity index (χ0n) is 20.7. The molecule has 2 aromatic heterocycles. The number of hydrogen-bond acceptors (Lipinski definition) is 5. The lowest BCUT2D eigenvalue weighted by Gasteiger charge is -2.22. The zero-order valence-corrected chi connectivity index (χ0v) is 20.7. The third-order valence-corrected chi connectivity index (χ3v) is 6.17. The molecule has 4 rings (SSSR count). The summed E-state index contributed by atoms with van der Waals surface area (Å²) in [6, 6.07) is 8.73. The molecule has 0 fully saturated rings. The monoisotopic (exact) mass is 476 g/mol. The second-order valence-corrected chi connectivity index (χ2v) is 9.65. The van der Waals surface area contributed by atoms with E-state index < -0.39 is 0 Å². The van der Waals surface area contributed by atoms with Crippen LogP contribution in [-0.2, 0) is 13.0 Å². The van der Waals surface area contributed by atoms with Crippen LogP contribution in [0.5, 0.6) is 0 Å². The van der Waals surface area contributed by atoms with Crippen molar-refractivity contribution in [2.75, 3.05) is 13.1 Å². The topological polar surface area (TPSA) is 107 Å². The molecule has 2 amide bonds. The Labute approximate surface area is 205 Å². The van der Waals surface area contributed by atoms with Gasteiger partial charge in [0.15, 0.2) is 18.2 Å². The molecule has 9 heteroatoms. The highest BCUT2D eigenvalue weighted by Crippen LogP contribution is 2.23. The maximum atomic E-state index is 13.1. The van der Waals surface area contributed by atoms with Crippen LogP contribution in [0, 0.1) is 25.0 Å². The van der Waals surface area contributed by atoms with E-state index in [0.717, 1.165) is 17.0 Å². The van der Waals surface area contributed by atoms with Gasteiger partial charge in [-0.2, -0.15) is 4.73 Å². The standard InChI is InChI=1S/C26H32N6O3/c1-17(2)12-22(27-25(33)21-14-18(3)13-19(4)15-21)24-29-28-23-7-9-30(10-11-32(23)24)26(34)20-6-5-8-31(35)16-20/h5-6,8,13-17,22H,7,9-12H2,1-4H3,(H,27,33). The Balaban J connectivity index is 1.54. The first-order valence-corrected chi connectivity index (χ1v) is 12.0. The highest BCUT2D eigenvalue weighted by Gasteiger charge is 2.28. The molecule has 1 aliphatic rings. The van der Waals surface area contributed by atoms with Gasteiger partial charge < -0.3 is 20.0 Å². The molecular weight excluding hydrogens is 444 g/mol. The predicted molar refractivity (Wildman–Crippen MR) is 131 cm³/mol. The lowest BCUT2D eigenvalue weighted by molar-refractivity contribution is -0.605. The first-order valence-electron chi connectivity index (χ1n) is 12.0. The van der Waals surface area contributed by atoms with Crippen LogP contribution in [0.2, 0.25) is 0 Å². The molecule has 9 nitrogen and oxygen atoms in total. The van der Waals surface area contributed by atoms with Gasteiger partial charge in [-0.25, -0.2) is 0 Å². The molecule has 35 heavy (non-hydrogen) atoms. The van der Waals surface area contributed by atoms with Gasteiger partial charge in [0.05, 0.1) is 6.04 Å². The summed E-state index contributed by atoms with van der Waals surface area (Å²) in [5, 5.41) is 23.7. The summed E-state index contributed by atoms with van der Waals surface area (Å²) in [5.74, 6) is 1.50. The van der Waals surface area contributed by atoms with Gasteiger partial charge in [0.2, 0.25) is 0 Å². The fourth-order valence-corrected chi connectivity index (χ4v) is 4.62. The largest absolute Gasteiger partial charge is 0.619 e. The van der Waals surface area contributed by atoms with Gasteiger partial charge in [-0.3, -0.25) is 9.59 Å². The fourth-order valence-electron chi connectivity index (χ4n) is 4.62. The molecule has 0 aliphatic carbocycles. The lowest BCUT2D eigenvalue weighted by atomic mass is 10.0. The van der Waals surface area contributed by atoms with Crippen molar-refractivity contribution in [3.05, 3.63) is 81.8 Å². The van der Waals surface area contributed by atoms with Gasteiger partial charge in [-0.05, 0) is 44.4 Å². The van der Waals surface area contributed by atoms with Crippen LogP contribution < -0.4 is 10.0 Å². The number of carbonyl (C=O) groups is 2. The van der Waals surface area contributed by atoms with E-state index in [1.807, 2.05) is 36.6 Å². The Bertz CT molecular complexity index is 1220. The van der Waals surface area contributed by atoms with E-state index in [0.29, 0.717) is 60.1 Å². The van der Waals surface area contributed by atoms with Crippen molar-refractivity contribution in [3.63, 3.8) is 0 Å². The van der Waals surface area contributed by atoms with E-state index in [-0.39, 0.29) is 17.9 Å². The van der Waals surface area contributed by atoms with Gasteiger partial charge in [0, 0.05) is 37.7 Å². The first kappa shape index (κ1) is 24.4. The molecule has 0 saturated heterocycles. The highest BCUT2D eigenvalue weighted by molar-refractivity contribution is 5.95. The van der Waals surface area contributed by atoms with Gasteiger partial charge >= 0.3 is 0 Å². The number of rotatable bonds is 6. The summed E-state index contributed by atoms with van der Waals surface area (Å²) < 4.78 is 2.66. The van der Waals surface area contributed by atoms with Crippen LogP contribution in [0.1, 0.15) is 69.8 Å². The van der Waals surface area contributed by atoms with Gasteiger partial charge in [0.25, 0.3) is 11.8 Å². The van der Waals surface area contributed by atoms with Crippen LogP contribution in [0.3, 0.4) is 0 Å². The number of hydrogen-bond donors (Lipinski definition) is 1. The summed E-state index contributed by atoms with van der Waals surface area (Å²) in [6.07, 6.45) is 3.90. The molecule has 3 aromatic rings. The summed E-state index contributed by atoms with van der Waals surface area (Å²) in [5.41, 5.74) is 3.07. The molecule has 1 aliphatic heterocycles. The SMILES string of the molecule is Cc1cc(C)cc(C(=O)NC(CC(C)C)c2nnc3n2CCN(C(=O)c2ccc[n+]([O-])c2)CC3)c1. The van der Waals surface area contributed by atoms with Crippen LogP contribution in [0.15, 0.2) is 42.7 Å². The quantitative estimate of drug-likeness (QED) is 0.435. The summed E-state index contributed by atoms with van der Waals surface area (Å²) in [7, 11) is 0. The normalized spacial score (nSPS) is 14.4. The molecule has 0 radical (unpaired) electrons. The zero-order chi connectivity index (χ0) is 25.1. The third kappa shape index (κ3) is 5.67. The Morgan fingerprint density at radius 2 is 1.83 bits per heavy atom. The van der Waals surface area contributed by atoms with Crippen molar-refractivity contribution in [1.29, 1.82) is 0 Å². The Morgan fingerprint density at radius 3 is 2.51 bits per heavy atom. The smallest absolute Gasteiger partial charge is 0.260 e. The van der Waals surface area contributed by atoms with E-state index in [9.17, 15) is 14.8 Å². The maximum absolute atomic E-state index is 13.1. The molecule has 0 saturated carbocycles. The van der Waals surface area contributed by atoms with Crippen LogP contribution in [-0.4, -0.2) is 44.6 Å². The third-order valence-electron chi connectivity index (χ3n) is 6.17. The minimum atomic E-state index is -0.305. The number of benzene rings is 1. The molecule has 3 heterocycles. The van der Waals surface area contributed by atoms with E-state index in [4.69, 9.17) is 0 Å². The average Bonchev–Trinajstić information content (AvgIpc) is 3.08. The minimum Gasteiger partial charge on any atom is -0.619 e. The van der Waals surface area contributed by atoms with E-state index in [2.05, 4.69) is 29.4 Å². The van der Waals surface area contributed by atoms with Crippen molar-refractivity contribution < 1.29 is 14.3 Å². The summed E-state index contributed by atoms with van der Waals surface area (Å²) in [6.45, 7) is 9.64. The number of amides is 2. The maximum Gasteiger partial charge on any atom is 0.260 e. The molecule has 184 valence electrons. The number of aryl methyl sites for hydroxylation is 2. The molecule has 0 spiro atoms.